The largest absolute Gasteiger partial charge is 0.509 e. The Morgan fingerprint density at radius 3 is 2.34 bits per heavy atom. The van der Waals surface area contributed by atoms with Crippen molar-refractivity contribution in [3.05, 3.63) is 45.5 Å². The molecule has 2 aromatic rings. The molecule has 0 unspecified atom stereocenters. The second-order valence-corrected chi connectivity index (χ2v) is 10.1. The van der Waals surface area contributed by atoms with Crippen LogP contribution in [-0.4, -0.2) is 41.2 Å². The fourth-order valence-corrected chi connectivity index (χ4v) is 4.95. The van der Waals surface area contributed by atoms with Gasteiger partial charge in [0.15, 0.2) is 5.78 Å². The first kappa shape index (κ1) is 29.1. The number of ketones is 1. The predicted molar refractivity (Wildman–Crippen MR) is 144 cm³/mol. The number of carbonyl (C=O) groups is 2. The summed E-state index contributed by atoms with van der Waals surface area (Å²) in [6.45, 7) is 12.2. The zero-order chi connectivity index (χ0) is 28.0. The van der Waals surface area contributed by atoms with E-state index in [9.17, 15) is 14.7 Å². The maximum absolute atomic E-state index is 11.7. The van der Waals surface area contributed by atoms with E-state index in [1.54, 1.807) is 19.1 Å². The first-order valence-corrected chi connectivity index (χ1v) is 13.3. The van der Waals surface area contributed by atoms with Crippen molar-refractivity contribution in [1.82, 2.24) is 0 Å². The van der Waals surface area contributed by atoms with Gasteiger partial charge in [-0.25, -0.2) is 4.79 Å². The second-order valence-electron chi connectivity index (χ2n) is 10.1. The summed E-state index contributed by atoms with van der Waals surface area (Å²) in [6, 6.07) is 3.39. The number of carboxylic acid groups (broad SMARTS) is 1. The monoisotopic (exact) mass is 528 g/mol. The summed E-state index contributed by atoms with van der Waals surface area (Å²) in [5.41, 5.74) is 4.97. The van der Waals surface area contributed by atoms with Crippen molar-refractivity contribution in [3.8, 4) is 23.0 Å². The number of unbranched alkanes of at least 4 members (excludes halogenated alkanes) is 2. The van der Waals surface area contributed by atoms with Crippen LogP contribution in [0.5, 0.6) is 23.0 Å². The van der Waals surface area contributed by atoms with E-state index in [2.05, 4.69) is 0 Å². The molecule has 38 heavy (non-hydrogen) atoms. The summed E-state index contributed by atoms with van der Waals surface area (Å²) >= 11 is 0. The van der Waals surface area contributed by atoms with Crippen LogP contribution in [0, 0.1) is 20.8 Å². The minimum Gasteiger partial charge on any atom is -0.507 e. The van der Waals surface area contributed by atoms with Crippen LogP contribution in [0.25, 0.3) is 0 Å². The third kappa shape index (κ3) is 6.52. The molecular formula is C30H40O8. The summed E-state index contributed by atoms with van der Waals surface area (Å²) in [5.74, 6) is 0.843. The van der Waals surface area contributed by atoms with Crippen LogP contribution in [0.4, 0.5) is 4.79 Å². The van der Waals surface area contributed by atoms with Crippen molar-refractivity contribution < 1.29 is 38.7 Å². The van der Waals surface area contributed by atoms with Crippen molar-refractivity contribution in [1.29, 1.82) is 0 Å². The molecule has 1 aliphatic rings. The molecule has 0 bridgehead atoms. The lowest BCUT2D eigenvalue weighted by Crippen LogP contribution is -2.41. The molecule has 0 aliphatic carbocycles. The van der Waals surface area contributed by atoms with Gasteiger partial charge in [-0.05, 0) is 88.6 Å². The Labute approximate surface area is 224 Å². The SMILES string of the molecule is CCCc1c(OCCCCCOc2c(C)c(C)c3c(c2C)CC[C@@](C)(OC(=O)O)O3)ccc(C(C)=O)c1O. The minimum absolute atomic E-state index is 0.0285. The van der Waals surface area contributed by atoms with Crippen LogP contribution < -0.4 is 14.2 Å². The summed E-state index contributed by atoms with van der Waals surface area (Å²) in [5, 5.41) is 19.6. The van der Waals surface area contributed by atoms with E-state index in [1.807, 2.05) is 27.7 Å². The summed E-state index contributed by atoms with van der Waals surface area (Å²) in [6.07, 6.45) is 3.82. The number of carbonyl (C=O) groups excluding carboxylic acids is 1. The number of hydrogen-bond acceptors (Lipinski definition) is 7. The molecule has 0 aromatic heterocycles. The third-order valence-electron chi connectivity index (χ3n) is 7.17. The Hall–Kier alpha value is -3.42. The van der Waals surface area contributed by atoms with Crippen LogP contribution in [-0.2, 0) is 17.6 Å². The minimum atomic E-state index is -1.35. The van der Waals surface area contributed by atoms with Gasteiger partial charge in [-0.1, -0.05) is 13.3 Å². The van der Waals surface area contributed by atoms with Gasteiger partial charge >= 0.3 is 6.16 Å². The number of rotatable bonds is 12. The van der Waals surface area contributed by atoms with Crippen molar-refractivity contribution in [2.75, 3.05) is 13.2 Å². The second kappa shape index (κ2) is 12.4. The van der Waals surface area contributed by atoms with Gasteiger partial charge in [0.05, 0.1) is 18.8 Å². The van der Waals surface area contributed by atoms with E-state index in [1.165, 1.54) is 6.92 Å². The van der Waals surface area contributed by atoms with Gasteiger partial charge in [-0.3, -0.25) is 4.79 Å². The highest BCUT2D eigenvalue weighted by Gasteiger charge is 2.38. The molecule has 0 saturated heterocycles. The normalized spacial score (nSPS) is 16.4. The molecule has 208 valence electrons. The van der Waals surface area contributed by atoms with Gasteiger partial charge in [0, 0.05) is 24.5 Å². The fourth-order valence-electron chi connectivity index (χ4n) is 4.95. The van der Waals surface area contributed by atoms with Gasteiger partial charge in [0.25, 0.3) is 5.79 Å². The lowest BCUT2D eigenvalue weighted by Gasteiger charge is -2.36. The predicted octanol–water partition coefficient (Wildman–Crippen LogP) is 6.84. The Kier molecular flexibility index (Phi) is 9.52. The van der Waals surface area contributed by atoms with E-state index >= 15 is 0 Å². The molecule has 1 heterocycles. The highest BCUT2D eigenvalue weighted by molar-refractivity contribution is 5.97. The molecule has 2 N–H and O–H groups in total. The lowest BCUT2D eigenvalue weighted by atomic mass is 9.91. The topological polar surface area (TPSA) is 112 Å². The Bertz CT molecular complexity index is 1190. The number of fused-ring (bicyclic) bond motifs is 1. The number of aromatic hydroxyl groups is 1. The van der Waals surface area contributed by atoms with E-state index in [0.717, 1.165) is 53.7 Å². The maximum atomic E-state index is 11.7. The molecule has 0 radical (unpaired) electrons. The Balaban J connectivity index is 1.54. The molecule has 0 saturated carbocycles. The number of phenols is 1. The summed E-state index contributed by atoms with van der Waals surface area (Å²) < 4.78 is 23.2. The number of Topliss-reactive ketones (excluding diaryl/α,β-unsaturated/α-hetero) is 1. The van der Waals surface area contributed by atoms with E-state index in [0.29, 0.717) is 55.1 Å². The van der Waals surface area contributed by atoms with Gasteiger partial charge in [0.1, 0.15) is 23.0 Å². The van der Waals surface area contributed by atoms with Crippen molar-refractivity contribution in [2.45, 2.75) is 92.3 Å². The molecule has 0 fully saturated rings. The average molecular weight is 529 g/mol. The molecule has 2 aromatic carbocycles. The van der Waals surface area contributed by atoms with E-state index < -0.39 is 11.9 Å². The van der Waals surface area contributed by atoms with Crippen LogP contribution in [0.2, 0.25) is 0 Å². The average Bonchev–Trinajstić information content (AvgIpc) is 2.84. The molecule has 0 spiro atoms. The van der Waals surface area contributed by atoms with E-state index in [4.69, 9.17) is 24.1 Å². The van der Waals surface area contributed by atoms with Crippen molar-refractivity contribution in [3.63, 3.8) is 0 Å². The van der Waals surface area contributed by atoms with Crippen LogP contribution >= 0.6 is 0 Å². The highest BCUT2D eigenvalue weighted by Crippen LogP contribution is 2.44. The van der Waals surface area contributed by atoms with Gasteiger partial charge in [-0.15, -0.1) is 0 Å². The highest BCUT2D eigenvalue weighted by atomic mass is 16.8. The standard InChI is InChI=1S/C30H40O8/c1-7-11-24-25(13-12-23(21(5)31)26(24)32)35-16-9-8-10-17-36-27-18(2)19(3)28-22(20(27)4)14-15-30(6,37-28)38-29(33)34/h12-13,32H,7-11,14-17H2,1-6H3,(H,33,34)/t30-/m1/s1. The first-order chi connectivity index (χ1) is 18.0. The zero-order valence-corrected chi connectivity index (χ0v) is 23.4. The molecule has 1 aliphatic heterocycles. The third-order valence-corrected chi connectivity index (χ3v) is 7.17. The first-order valence-electron chi connectivity index (χ1n) is 13.3. The molecule has 8 nitrogen and oxygen atoms in total. The number of hydrogen-bond donors (Lipinski definition) is 2. The Morgan fingerprint density at radius 1 is 1.03 bits per heavy atom. The zero-order valence-electron chi connectivity index (χ0n) is 23.4. The fraction of sp³-hybridized carbons (Fsp3) is 0.533. The van der Waals surface area contributed by atoms with Gasteiger partial charge in [0.2, 0.25) is 0 Å². The molecular weight excluding hydrogens is 488 g/mol. The summed E-state index contributed by atoms with van der Waals surface area (Å²) in [7, 11) is 0. The lowest BCUT2D eigenvalue weighted by molar-refractivity contribution is -0.149. The maximum Gasteiger partial charge on any atom is 0.509 e. The Morgan fingerprint density at radius 2 is 1.71 bits per heavy atom. The molecule has 3 rings (SSSR count). The van der Waals surface area contributed by atoms with Crippen LogP contribution in [0.3, 0.4) is 0 Å². The summed E-state index contributed by atoms with van der Waals surface area (Å²) in [4.78, 5) is 22.8. The molecule has 8 heteroatoms. The van der Waals surface area contributed by atoms with Gasteiger partial charge < -0.3 is 29.2 Å². The quantitative estimate of drug-likeness (QED) is 0.175. The number of phenolic OH excluding ortho intramolecular Hbond substituents is 1. The molecule has 0 amide bonds. The van der Waals surface area contributed by atoms with Crippen molar-refractivity contribution in [2.24, 2.45) is 0 Å². The number of benzene rings is 2. The van der Waals surface area contributed by atoms with Crippen LogP contribution in [0.15, 0.2) is 12.1 Å². The molecule has 1 atom stereocenters. The smallest absolute Gasteiger partial charge is 0.507 e. The van der Waals surface area contributed by atoms with Gasteiger partial charge in [-0.2, -0.15) is 0 Å². The van der Waals surface area contributed by atoms with Crippen LogP contribution in [0.1, 0.15) is 91.1 Å². The van der Waals surface area contributed by atoms with E-state index in [-0.39, 0.29) is 11.5 Å². The number of ether oxygens (including phenoxy) is 4. The van der Waals surface area contributed by atoms with Crippen molar-refractivity contribution >= 4 is 11.9 Å².